The van der Waals surface area contributed by atoms with E-state index in [0.717, 1.165) is 37.8 Å². The lowest BCUT2D eigenvalue weighted by atomic mass is 9.80. The fourth-order valence-corrected chi connectivity index (χ4v) is 6.21. The Morgan fingerprint density at radius 1 is 1.10 bits per heavy atom. The van der Waals surface area contributed by atoms with Gasteiger partial charge in [-0.15, -0.1) is 12.4 Å². The van der Waals surface area contributed by atoms with Crippen LogP contribution in [0.25, 0.3) is 0 Å². The molecule has 4 rings (SSSR count). The van der Waals surface area contributed by atoms with Crippen LogP contribution in [-0.4, -0.2) is 76.0 Å². The zero-order chi connectivity index (χ0) is 27.3. The van der Waals surface area contributed by atoms with Gasteiger partial charge in [-0.3, -0.25) is 19.3 Å². The summed E-state index contributed by atoms with van der Waals surface area (Å²) in [7, 11) is 0. The Kier molecular flexibility index (Phi) is 11.2. The Hall–Kier alpha value is -2.16. The maximum absolute atomic E-state index is 13.5. The van der Waals surface area contributed by atoms with Crippen molar-refractivity contribution in [3.8, 4) is 0 Å². The number of carbonyl (C=O) groups excluding carboxylic acids is 3. The molecule has 0 radical (unpaired) electrons. The van der Waals surface area contributed by atoms with E-state index in [4.69, 9.17) is 0 Å². The summed E-state index contributed by atoms with van der Waals surface area (Å²) in [5.41, 5.74) is 0.970. The molecule has 3 aliphatic rings. The molecule has 1 aliphatic carbocycles. The first kappa shape index (κ1) is 31.4. The van der Waals surface area contributed by atoms with Crippen LogP contribution >= 0.6 is 12.4 Å². The summed E-state index contributed by atoms with van der Waals surface area (Å²) in [6.45, 7) is 8.47. The van der Waals surface area contributed by atoms with E-state index in [1.807, 2.05) is 38.1 Å². The third kappa shape index (κ3) is 7.14. The van der Waals surface area contributed by atoms with E-state index in [0.29, 0.717) is 44.1 Å². The second-order valence-corrected chi connectivity index (χ2v) is 11.8. The minimum absolute atomic E-state index is 0. The highest BCUT2D eigenvalue weighted by Gasteiger charge is 2.54. The molecule has 3 fully saturated rings. The van der Waals surface area contributed by atoms with Crippen LogP contribution in [0.4, 0.5) is 0 Å². The molecule has 1 spiro atoms. The zero-order valence-corrected chi connectivity index (χ0v) is 24.6. The lowest BCUT2D eigenvalue weighted by molar-refractivity contribution is -0.165. The summed E-state index contributed by atoms with van der Waals surface area (Å²) in [5, 5.41) is 16.7. The minimum Gasteiger partial charge on any atom is -0.390 e. The van der Waals surface area contributed by atoms with Gasteiger partial charge in [0.1, 0.15) is 11.6 Å². The Morgan fingerprint density at radius 2 is 1.74 bits per heavy atom. The minimum atomic E-state index is -0.902. The fourth-order valence-electron chi connectivity index (χ4n) is 6.21. The van der Waals surface area contributed by atoms with Gasteiger partial charge in [-0.25, -0.2) is 0 Å². The van der Waals surface area contributed by atoms with Crippen LogP contribution in [0.15, 0.2) is 24.3 Å². The van der Waals surface area contributed by atoms with Crippen molar-refractivity contribution in [1.82, 2.24) is 20.4 Å². The largest absolute Gasteiger partial charge is 0.390 e. The molecule has 1 saturated carbocycles. The number of nitrogens with zero attached hydrogens (tertiary/aromatic N) is 2. The normalized spacial score (nSPS) is 22.9. The van der Waals surface area contributed by atoms with Crippen LogP contribution in [0.1, 0.15) is 94.5 Å². The lowest BCUT2D eigenvalue weighted by Gasteiger charge is -2.52. The summed E-state index contributed by atoms with van der Waals surface area (Å²) in [6.07, 6.45) is 7.77. The maximum Gasteiger partial charge on any atom is 0.251 e. The number of rotatable bonds is 9. The van der Waals surface area contributed by atoms with E-state index in [-0.39, 0.29) is 36.0 Å². The zero-order valence-electron chi connectivity index (χ0n) is 23.8. The van der Waals surface area contributed by atoms with Crippen molar-refractivity contribution in [2.45, 2.75) is 109 Å². The number of carbonyl (C=O) groups is 3. The van der Waals surface area contributed by atoms with Gasteiger partial charge in [0.15, 0.2) is 0 Å². The first-order chi connectivity index (χ1) is 18.2. The molecule has 0 bridgehead atoms. The number of amides is 3. The number of likely N-dealkylation sites (tertiary alicyclic amines) is 1. The van der Waals surface area contributed by atoms with Gasteiger partial charge in [-0.2, -0.15) is 0 Å². The van der Waals surface area contributed by atoms with Crippen LogP contribution in [0.2, 0.25) is 0 Å². The molecule has 1 aromatic rings. The van der Waals surface area contributed by atoms with Gasteiger partial charge in [0.25, 0.3) is 5.91 Å². The average molecular weight is 563 g/mol. The van der Waals surface area contributed by atoms with Crippen molar-refractivity contribution >= 4 is 30.1 Å². The number of hydrogen-bond donors (Lipinski definition) is 3. The molecule has 8 nitrogen and oxygen atoms in total. The van der Waals surface area contributed by atoms with E-state index in [2.05, 4.69) is 22.5 Å². The number of aliphatic hydroxyl groups excluding tert-OH is 1. The smallest absolute Gasteiger partial charge is 0.251 e. The van der Waals surface area contributed by atoms with Crippen LogP contribution in [0.3, 0.4) is 0 Å². The maximum atomic E-state index is 13.5. The number of nitrogens with one attached hydrogen (secondary N) is 2. The molecule has 3 amide bonds. The van der Waals surface area contributed by atoms with Gasteiger partial charge in [0.05, 0.1) is 6.10 Å². The van der Waals surface area contributed by atoms with Gasteiger partial charge in [-0.1, -0.05) is 58.6 Å². The Labute approximate surface area is 239 Å². The monoisotopic (exact) mass is 562 g/mol. The SMILES string of the molecule is CCCCN1C(=O)[C@@H]([C@H](O)C(C)C)NC(=O)C12CCN(Cc1ccc(C(=O)NC3CCCCC3)cc1)CC2.Cl. The van der Waals surface area contributed by atoms with Crippen molar-refractivity contribution < 1.29 is 19.5 Å². The van der Waals surface area contributed by atoms with E-state index in [1.165, 1.54) is 19.3 Å². The number of hydrogen-bond acceptors (Lipinski definition) is 5. The highest BCUT2D eigenvalue weighted by molar-refractivity contribution is 6.00. The first-order valence-corrected chi connectivity index (χ1v) is 14.7. The van der Waals surface area contributed by atoms with Crippen LogP contribution in [0, 0.1) is 5.92 Å². The van der Waals surface area contributed by atoms with Gasteiger partial charge < -0.3 is 20.6 Å². The summed E-state index contributed by atoms with van der Waals surface area (Å²) >= 11 is 0. The molecular weight excluding hydrogens is 516 g/mol. The molecule has 2 aliphatic heterocycles. The van der Waals surface area contributed by atoms with Crippen molar-refractivity contribution in [2.75, 3.05) is 19.6 Å². The Morgan fingerprint density at radius 3 is 2.33 bits per heavy atom. The number of unbranched alkanes of at least 4 members (excludes halogenated alkanes) is 1. The third-order valence-electron chi connectivity index (χ3n) is 8.76. The van der Waals surface area contributed by atoms with Gasteiger partial charge >= 0.3 is 0 Å². The predicted octanol–water partition coefficient (Wildman–Crippen LogP) is 3.65. The quantitative estimate of drug-likeness (QED) is 0.426. The van der Waals surface area contributed by atoms with Gasteiger partial charge in [-0.05, 0) is 55.7 Å². The van der Waals surface area contributed by atoms with Crippen LogP contribution < -0.4 is 10.6 Å². The van der Waals surface area contributed by atoms with Crippen molar-refractivity contribution in [2.24, 2.45) is 5.92 Å². The number of halogens is 1. The van der Waals surface area contributed by atoms with Crippen molar-refractivity contribution in [3.63, 3.8) is 0 Å². The topological polar surface area (TPSA) is 102 Å². The summed E-state index contributed by atoms with van der Waals surface area (Å²) < 4.78 is 0. The number of piperazine rings is 1. The van der Waals surface area contributed by atoms with E-state index >= 15 is 0 Å². The number of aliphatic hydroxyl groups is 1. The molecule has 2 atom stereocenters. The van der Waals surface area contributed by atoms with Crippen molar-refractivity contribution in [1.29, 1.82) is 0 Å². The van der Waals surface area contributed by atoms with E-state index in [9.17, 15) is 19.5 Å². The number of piperidine rings is 1. The summed E-state index contributed by atoms with van der Waals surface area (Å²) in [4.78, 5) is 43.7. The van der Waals surface area contributed by atoms with Crippen LogP contribution in [-0.2, 0) is 16.1 Å². The van der Waals surface area contributed by atoms with Crippen LogP contribution in [0.5, 0.6) is 0 Å². The summed E-state index contributed by atoms with van der Waals surface area (Å²) in [5.74, 6) is -0.414. The predicted molar refractivity (Wildman–Crippen MR) is 155 cm³/mol. The van der Waals surface area contributed by atoms with E-state index in [1.54, 1.807) is 4.90 Å². The molecule has 39 heavy (non-hydrogen) atoms. The molecule has 2 heterocycles. The Balaban J connectivity index is 0.00000420. The summed E-state index contributed by atoms with van der Waals surface area (Å²) in [6, 6.07) is 7.25. The Bertz CT molecular complexity index is 972. The number of benzene rings is 1. The van der Waals surface area contributed by atoms with Crippen molar-refractivity contribution in [3.05, 3.63) is 35.4 Å². The highest BCUT2D eigenvalue weighted by Crippen LogP contribution is 2.35. The standard InChI is InChI=1S/C30H46N4O4.ClH/c1-4-5-17-34-28(37)25(26(35)21(2)3)32-29(38)30(34)15-18-33(19-16-30)20-22-11-13-23(14-12-22)27(36)31-24-9-7-6-8-10-24;/h11-14,21,24-26,35H,4-10,15-20H2,1-3H3,(H,31,36)(H,32,38);1H/t25-,26-;/m1./s1. The highest BCUT2D eigenvalue weighted by atomic mass is 35.5. The molecular formula is C30H47ClN4O4. The third-order valence-corrected chi connectivity index (χ3v) is 8.76. The molecule has 0 unspecified atom stereocenters. The molecule has 1 aromatic carbocycles. The molecule has 218 valence electrons. The molecule has 3 N–H and O–H groups in total. The molecule has 9 heteroatoms. The van der Waals surface area contributed by atoms with Gasteiger partial charge in [0, 0.05) is 37.8 Å². The van der Waals surface area contributed by atoms with E-state index < -0.39 is 17.7 Å². The average Bonchev–Trinajstić information content (AvgIpc) is 2.92. The van der Waals surface area contributed by atoms with Gasteiger partial charge in [0.2, 0.25) is 11.8 Å². The molecule has 2 saturated heterocycles. The second kappa shape index (κ2) is 14.0. The molecule has 0 aromatic heterocycles. The second-order valence-electron chi connectivity index (χ2n) is 11.8. The first-order valence-electron chi connectivity index (χ1n) is 14.7. The lowest BCUT2D eigenvalue weighted by Crippen LogP contribution is -2.74. The fraction of sp³-hybridized carbons (Fsp3) is 0.700.